The third-order valence-electron chi connectivity index (χ3n) is 5.21. The molecule has 0 spiro atoms. The van der Waals surface area contributed by atoms with Crippen molar-refractivity contribution in [3.8, 4) is 0 Å². The lowest BCUT2D eigenvalue weighted by atomic mass is 9.76. The molecule has 5 heteroatoms. The Bertz CT molecular complexity index is 400. The molecule has 0 aromatic heterocycles. The highest BCUT2D eigenvalue weighted by Gasteiger charge is 2.45. The molecule has 1 N–H and O–H groups in total. The number of nitrogens with zero attached hydrogens (tertiary/aromatic N) is 2. The summed E-state index contributed by atoms with van der Waals surface area (Å²) < 4.78 is 0. The van der Waals surface area contributed by atoms with E-state index < -0.39 is 12.0 Å². The van der Waals surface area contributed by atoms with E-state index >= 15 is 0 Å². The highest BCUT2D eigenvalue weighted by molar-refractivity contribution is 5.83. The van der Waals surface area contributed by atoms with Gasteiger partial charge in [-0.2, -0.15) is 0 Å². The zero-order chi connectivity index (χ0) is 15.6. The summed E-state index contributed by atoms with van der Waals surface area (Å²) in [7, 11) is 0. The van der Waals surface area contributed by atoms with Crippen LogP contribution in [0.25, 0.3) is 0 Å². The average Bonchev–Trinajstić information content (AvgIpc) is 2.45. The van der Waals surface area contributed by atoms with E-state index in [4.69, 9.17) is 0 Å². The molecule has 2 saturated heterocycles. The van der Waals surface area contributed by atoms with Crippen molar-refractivity contribution in [2.45, 2.75) is 58.9 Å². The molecule has 2 heterocycles. The molecular weight excluding hydrogens is 268 g/mol. The number of carboxylic acids is 1. The van der Waals surface area contributed by atoms with Gasteiger partial charge in [0.05, 0.1) is 0 Å². The molecule has 0 radical (unpaired) electrons. The zero-order valence-electron chi connectivity index (χ0n) is 13.5. The molecule has 0 aromatic rings. The van der Waals surface area contributed by atoms with E-state index in [0.29, 0.717) is 12.5 Å². The van der Waals surface area contributed by atoms with Gasteiger partial charge in [-0.15, -0.1) is 0 Å². The van der Waals surface area contributed by atoms with Crippen LogP contribution in [0.1, 0.15) is 52.9 Å². The van der Waals surface area contributed by atoms with Gasteiger partial charge < -0.3 is 14.9 Å². The number of aliphatic carboxylic acids is 1. The molecule has 2 aliphatic heterocycles. The van der Waals surface area contributed by atoms with Gasteiger partial charge in [0, 0.05) is 19.6 Å². The van der Waals surface area contributed by atoms with Gasteiger partial charge in [-0.05, 0) is 37.0 Å². The molecule has 1 atom stereocenters. The number of carbonyl (C=O) groups excluding carboxylic acids is 1. The van der Waals surface area contributed by atoms with Gasteiger partial charge in [0.2, 0.25) is 0 Å². The third kappa shape index (κ3) is 3.33. The Morgan fingerprint density at radius 1 is 1.19 bits per heavy atom. The largest absolute Gasteiger partial charge is 0.480 e. The third-order valence-corrected chi connectivity index (χ3v) is 5.21. The summed E-state index contributed by atoms with van der Waals surface area (Å²) in [6.07, 6.45) is 4.98. The lowest BCUT2D eigenvalue weighted by molar-refractivity contribution is -0.148. The lowest BCUT2D eigenvalue weighted by Gasteiger charge is -2.46. The highest BCUT2D eigenvalue weighted by Crippen LogP contribution is 2.36. The molecule has 2 rings (SSSR count). The van der Waals surface area contributed by atoms with Crippen molar-refractivity contribution in [2.75, 3.05) is 19.6 Å². The Hall–Kier alpha value is -1.26. The second-order valence-electron chi connectivity index (χ2n) is 7.15. The quantitative estimate of drug-likeness (QED) is 0.852. The molecule has 2 fully saturated rings. The van der Waals surface area contributed by atoms with Crippen LogP contribution in [0.15, 0.2) is 0 Å². The summed E-state index contributed by atoms with van der Waals surface area (Å²) in [4.78, 5) is 27.8. The predicted octanol–water partition coefficient (Wildman–Crippen LogP) is 2.80. The first kappa shape index (κ1) is 16.1. The van der Waals surface area contributed by atoms with Crippen molar-refractivity contribution in [2.24, 2.45) is 11.3 Å². The van der Waals surface area contributed by atoms with E-state index in [1.54, 1.807) is 4.90 Å². The van der Waals surface area contributed by atoms with Crippen molar-refractivity contribution in [1.82, 2.24) is 9.80 Å². The van der Waals surface area contributed by atoms with Crippen LogP contribution in [0.2, 0.25) is 0 Å². The Labute approximate surface area is 127 Å². The maximum Gasteiger partial charge on any atom is 0.327 e. The van der Waals surface area contributed by atoms with Crippen LogP contribution in [-0.2, 0) is 4.79 Å². The molecule has 0 saturated carbocycles. The van der Waals surface area contributed by atoms with Gasteiger partial charge >= 0.3 is 12.0 Å². The minimum atomic E-state index is -0.878. The molecule has 2 aliphatic rings. The van der Waals surface area contributed by atoms with Crippen LogP contribution >= 0.6 is 0 Å². The average molecular weight is 296 g/mol. The van der Waals surface area contributed by atoms with Crippen LogP contribution < -0.4 is 0 Å². The van der Waals surface area contributed by atoms with Gasteiger partial charge in [0.15, 0.2) is 0 Å². The smallest absolute Gasteiger partial charge is 0.327 e. The van der Waals surface area contributed by atoms with E-state index in [1.165, 1.54) is 0 Å². The highest BCUT2D eigenvalue weighted by atomic mass is 16.4. The SMILES string of the molecule is CCC1CCN(C(=O)N2CCCC(C)(C)C2C(=O)O)CC1. The maximum absolute atomic E-state index is 12.7. The molecule has 0 aromatic carbocycles. The summed E-state index contributed by atoms with van der Waals surface area (Å²) in [6.45, 7) is 8.19. The normalized spacial score (nSPS) is 26.7. The molecule has 21 heavy (non-hydrogen) atoms. The van der Waals surface area contributed by atoms with E-state index in [9.17, 15) is 14.7 Å². The number of carboxylic acid groups (broad SMARTS) is 1. The molecule has 1 unspecified atom stereocenters. The number of piperidine rings is 2. The Morgan fingerprint density at radius 2 is 1.81 bits per heavy atom. The van der Waals surface area contributed by atoms with Crippen LogP contribution in [0, 0.1) is 11.3 Å². The number of amides is 2. The minimum Gasteiger partial charge on any atom is -0.480 e. The number of rotatable bonds is 2. The second kappa shape index (κ2) is 6.24. The number of hydrogen-bond acceptors (Lipinski definition) is 2. The molecule has 0 aliphatic carbocycles. The maximum atomic E-state index is 12.7. The first-order chi connectivity index (χ1) is 9.86. The molecule has 5 nitrogen and oxygen atoms in total. The van der Waals surface area contributed by atoms with E-state index in [0.717, 1.165) is 45.2 Å². The number of hydrogen-bond donors (Lipinski definition) is 1. The van der Waals surface area contributed by atoms with Crippen LogP contribution in [0.5, 0.6) is 0 Å². The molecule has 0 bridgehead atoms. The molecule has 2 amide bonds. The lowest BCUT2D eigenvalue weighted by Crippen LogP contribution is -2.60. The summed E-state index contributed by atoms with van der Waals surface area (Å²) in [5.41, 5.74) is -0.360. The number of urea groups is 1. The first-order valence-corrected chi connectivity index (χ1v) is 8.15. The predicted molar refractivity (Wildman–Crippen MR) is 81.1 cm³/mol. The molecule has 120 valence electrons. The van der Waals surface area contributed by atoms with Crippen molar-refractivity contribution in [3.05, 3.63) is 0 Å². The van der Waals surface area contributed by atoms with E-state index in [-0.39, 0.29) is 11.4 Å². The van der Waals surface area contributed by atoms with Crippen molar-refractivity contribution in [3.63, 3.8) is 0 Å². The van der Waals surface area contributed by atoms with Crippen LogP contribution in [0.4, 0.5) is 4.79 Å². The Balaban J connectivity index is 2.08. The van der Waals surface area contributed by atoms with Gasteiger partial charge in [-0.3, -0.25) is 0 Å². The van der Waals surface area contributed by atoms with E-state index in [1.807, 2.05) is 18.7 Å². The van der Waals surface area contributed by atoms with Gasteiger partial charge in [0.1, 0.15) is 6.04 Å². The topological polar surface area (TPSA) is 60.9 Å². The zero-order valence-corrected chi connectivity index (χ0v) is 13.5. The second-order valence-corrected chi connectivity index (χ2v) is 7.15. The fourth-order valence-corrected chi connectivity index (χ4v) is 3.78. The minimum absolute atomic E-state index is 0.0790. The van der Waals surface area contributed by atoms with Gasteiger partial charge in [0.25, 0.3) is 0 Å². The Morgan fingerprint density at radius 3 is 2.33 bits per heavy atom. The van der Waals surface area contributed by atoms with Crippen molar-refractivity contribution < 1.29 is 14.7 Å². The van der Waals surface area contributed by atoms with Gasteiger partial charge in [-0.1, -0.05) is 27.2 Å². The monoisotopic (exact) mass is 296 g/mol. The first-order valence-electron chi connectivity index (χ1n) is 8.15. The number of likely N-dealkylation sites (tertiary alicyclic amines) is 2. The van der Waals surface area contributed by atoms with Crippen LogP contribution in [0.3, 0.4) is 0 Å². The van der Waals surface area contributed by atoms with Crippen molar-refractivity contribution >= 4 is 12.0 Å². The van der Waals surface area contributed by atoms with Gasteiger partial charge in [-0.25, -0.2) is 9.59 Å². The Kier molecular flexibility index (Phi) is 4.79. The van der Waals surface area contributed by atoms with E-state index in [2.05, 4.69) is 6.92 Å². The summed E-state index contributed by atoms with van der Waals surface area (Å²) in [5, 5.41) is 9.56. The fourth-order valence-electron chi connectivity index (χ4n) is 3.78. The molecular formula is C16H28N2O3. The number of carbonyl (C=O) groups is 2. The van der Waals surface area contributed by atoms with Crippen molar-refractivity contribution in [1.29, 1.82) is 0 Å². The standard InChI is InChI=1S/C16H28N2O3/c1-4-12-6-10-17(11-7-12)15(21)18-9-5-8-16(2,3)13(18)14(19)20/h12-13H,4-11H2,1-3H3,(H,19,20). The van der Waals surface area contributed by atoms with Crippen LogP contribution in [-0.4, -0.2) is 52.6 Å². The summed E-state index contributed by atoms with van der Waals surface area (Å²) in [6, 6.07) is -0.785. The summed E-state index contributed by atoms with van der Waals surface area (Å²) >= 11 is 0. The fraction of sp³-hybridized carbons (Fsp3) is 0.875. The summed E-state index contributed by atoms with van der Waals surface area (Å²) in [5.74, 6) is -0.168.